The van der Waals surface area contributed by atoms with Crippen molar-refractivity contribution < 1.29 is 14.7 Å². The third-order valence-electron chi connectivity index (χ3n) is 1.12. The molecule has 0 fully saturated rings. The maximum atomic E-state index is 10.9. The zero-order valence-electron chi connectivity index (χ0n) is 6.02. The first-order valence-electron chi connectivity index (χ1n) is 3.15. The Labute approximate surface area is 68.1 Å². The molecule has 0 unspecified atom stereocenters. The van der Waals surface area contributed by atoms with E-state index in [2.05, 4.69) is 4.99 Å². The van der Waals surface area contributed by atoms with Gasteiger partial charge in [-0.05, 0) is 6.08 Å². The van der Waals surface area contributed by atoms with Crippen LogP contribution in [0, 0.1) is 0 Å². The van der Waals surface area contributed by atoms with Crippen molar-refractivity contribution in [3.63, 3.8) is 0 Å². The van der Waals surface area contributed by atoms with E-state index in [-0.39, 0.29) is 5.71 Å². The van der Waals surface area contributed by atoms with Crippen LogP contribution in [0.2, 0.25) is 0 Å². The van der Waals surface area contributed by atoms with E-state index in [1.165, 1.54) is 12.3 Å². The van der Waals surface area contributed by atoms with E-state index < -0.39 is 12.0 Å². The second-order valence-corrected chi connectivity index (χ2v) is 1.97. The average Bonchev–Trinajstić information content (AvgIpc) is 2.05. The fourth-order valence-corrected chi connectivity index (χ4v) is 0.658. The van der Waals surface area contributed by atoms with Crippen molar-refractivity contribution in [3.8, 4) is 0 Å². The molecule has 12 heavy (non-hydrogen) atoms. The highest BCUT2D eigenvalue weighted by atomic mass is 16.4. The number of hydrogen-bond donors (Lipinski definition) is 2. The van der Waals surface area contributed by atoms with Crippen LogP contribution in [0.1, 0.15) is 0 Å². The summed E-state index contributed by atoms with van der Waals surface area (Å²) < 4.78 is 0. The lowest BCUT2D eigenvalue weighted by Crippen LogP contribution is -2.35. The molecule has 5 nitrogen and oxygen atoms in total. The predicted octanol–water partition coefficient (Wildman–Crippen LogP) is -0.359. The summed E-state index contributed by atoms with van der Waals surface area (Å²) in [7, 11) is 0. The van der Waals surface area contributed by atoms with Crippen LogP contribution in [0.3, 0.4) is 0 Å². The summed E-state index contributed by atoms with van der Waals surface area (Å²) in [6, 6.07) is 0. The van der Waals surface area contributed by atoms with Gasteiger partial charge in [0.15, 0.2) is 0 Å². The van der Waals surface area contributed by atoms with Crippen molar-refractivity contribution in [1.82, 2.24) is 10.3 Å². The zero-order valence-corrected chi connectivity index (χ0v) is 6.02. The first-order chi connectivity index (χ1) is 5.70. The molecule has 0 spiro atoms. The van der Waals surface area contributed by atoms with Crippen LogP contribution in [-0.4, -0.2) is 22.8 Å². The summed E-state index contributed by atoms with van der Waals surface area (Å²) in [5, 5.41) is 9.86. The second-order valence-electron chi connectivity index (χ2n) is 1.97. The second kappa shape index (κ2) is 3.47. The maximum Gasteiger partial charge on any atom is 0.411 e. The number of carbonyl (C=O) groups is 2. The van der Waals surface area contributed by atoms with E-state index in [0.29, 0.717) is 0 Å². The van der Waals surface area contributed by atoms with E-state index >= 15 is 0 Å². The molecule has 0 aromatic carbocycles. The van der Waals surface area contributed by atoms with Crippen LogP contribution in [0.4, 0.5) is 4.79 Å². The highest BCUT2D eigenvalue weighted by molar-refractivity contribution is 6.44. The van der Waals surface area contributed by atoms with Crippen LogP contribution in [0.25, 0.3) is 0 Å². The normalized spacial score (nSPS) is 13.8. The number of rotatable bonds is 1. The Morgan fingerprint density at radius 1 is 1.42 bits per heavy atom. The third kappa shape index (κ3) is 2.05. The molecule has 0 aromatic rings. The van der Waals surface area contributed by atoms with E-state index in [1.807, 2.05) is 0 Å². The molecular weight excluding hydrogens is 160 g/mol. The summed E-state index contributed by atoms with van der Waals surface area (Å²) >= 11 is 0. The van der Waals surface area contributed by atoms with Crippen LogP contribution in [-0.2, 0) is 4.79 Å². The summed E-state index contributed by atoms with van der Waals surface area (Å²) in [6.07, 6.45) is 4.70. The van der Waals surface area contributed by atoms with E-state index in [1.54, 1.807) is 17.5 Å². The quantitative estimate of drug-likeness (QED) is 0.558. The lowest BCUT2D eigenvalue weighted by atomic mass is 10.3. The van der Waals surface area contributed by atoms with E-state index in [4.69, 9.17) is 5.11 Å². The molecule has 1 radical (unpaired) electrons. The van der Waals surface area contributed by atoms with Crippen LogP contribution in [0.15, 0.2) is 24.4 Å². The number of carboxylic acid groups (broad SMARTS) is 1. The summed E-state index contributed by atoms with van der Waals surface area (Å²) in [5.74, 6) is -0.719. The van der Waals surface area contributed by atoms with Gasteiger partial charge in [-0.2, -0.15) is 0 Å². The largest absolute Gasteiger partial charge is 0.465 e. The molecule has 0 saturated carbocycles. The Morgan fingerprint density at radius 2 is 2.17 bits per heavy atom. The molecular formula is C7H6N2O3+. The standard InChI is InChI=1S/C7H6N2O3/c10-6(9-7(11)12)5-3-1-2-4-8-5/h1-4H,(H,9,10)(H,11,12)/q+1. The number of amides is 2. The molecule has 0 aliphatic carbocycles. The van der Waals surface area contributed by atoms with Gasteiger partial charge in [-0.1, -0.05) is 0 Å². The molecule has 1 aliphatic rings. The van der Waals surface area contributed by atoms with Gasteiger partial charge in [0.1, 0.15) is 0 Å². The van der Waals surface area contributed by atoms with Gasteiger partial charge in [0.2, 0.25) is 6.20 Å². The lowest BCUT2D eigenvalue weighted by Gasteiger charge is -1.91. The first kappa shape index (κ1) is 8.19. The number of hydrogen-bond acceptors (Lipinski definition) is 3. The minimum Gasteiger partial charge on any atom is -0.465 e. The monoisotopic (exact) mass is 166 g/mol. The Bertz CT molecular complexity index is 302. The fourth-order valence-electron chi connectivity index (χ4n) is 0.658. The Balaban J connectivity index is 2.65. The number of nitrogens with zero attached hydrogens (tertiary/aromatic N) is 1. The van der Waals surface area contributed by atoms with Crippen molar-refractivity contribution >= 4 is 17.7 Å². The molecule has 1 rings (SSSR count). The van der Waals surface area contributed by atoms with E-state index in [0.717, 1.165) is 0 Å². The van der Waals surface area contributed by atoms with Crippen molar-refractivity contribution in [2.75, 3.05) is 0 Å². The Kier molecular flexibility index (Phi) is 2.37. The van der Waals surface area contributed by atoms with Crippen molar-refractivity contribution in [3.05, 3.63) is 24.4 Å². The Morgan fingerprint density at radius 3 is 2.67 bits per heavy atom. The molecule has 0 aromatic heterocycles. The Hall–Kier alpha value is -1.91. The minimum atomic E-state index is -1.38. The fraction of sp³-hybridized carbons (Fsp3) is 0. The lowest BCUT2D eigenvalue weighted by molar-refractivity contribution is -0.114. The van der Waals surface area contributed by atoms with Gasteiger partial charge in [0.05, 0.1) is 4.99 Å². The highest BCUT2D eigenvalue weighted by Crippen LogP contribution is 1.86. The van der Waals surface area contributed by atoms with Crippen LogP contribution in [0.5, 0.6) is 0 Å². The molecule has 0 atom stereocenters. The molecule has 2 amide bonds. The van der Waals surface area contributed by atoms with Crippen LogP contribution >= 0.6 is 0 Å². The van der Waals surface area contributed by atoms with Gasteiger partial charge < -0.3 is 5.11 Å². The van der Waals surface area contributed by atoms with Crippen LogP contribution < -0.4 is 10.3 Å². The highest BCUT2D eigenvalue weighted by Gasteiger charge is 2.20. The number of carbonyl (C=O) groups excluding carboxylic acids is 1. The van der Waals surface area contributed by atoms with Gasteiger partial charge in [0, 0.05) is 12.2 Å². The zero-order chi connectivity index (χ0) is 8.97. The third-order valence-corrected chi connectivity index (χ3v) is 1.12. The molecule has 0 bridgehead atoms. The van der Waals surface area contributed by atoms with Crippen molar-refractivity contribution in [2.45, 2.75) is 0 Å². The first-order valence-corrected chi connectivity index (χ1v) is 3.15. The van der Waals surface area contributed by atoms with Gasteiger partial charge in [0.25, 0.3) is 0 Å². The topological polar surface area (TPSA) is 80.5 Å². The molecule has 0 saturated heterocycles. The van der Waals surface area contributed by atoms with Crippen molar-refractivity contribution in [2.24, 2.45) is 0 Å². The number of nitrogens with one attached hydrogen (secondary N) is 1. The van der Waals surface area contributed by atoms with E-state index in [9.17, 15) is 9.59 Å². The summed E-state index contributed by atoms with van der Waals surface area (Å²) in [5.41, 5.74) is 0.0832. The minimum absolute atomic E-state index is 0.0832. The molecule has 61 valence electrons. The van der Waals surface area contributed by atoms with Gasteiger partial charge in [-0.3, -0.25) is 10.1 Å². The summed E-state index contributed by atoms with van der Waals surface area (Å²) in [4.78, 5) is 24.6. The number of imide groups is 1. The van der Waals surface area contributed by atoms with Crippen molar-refractivity contribution in [1.29, 1.82) is 0 Å². The van der Waals surface area contributed by atoms with Gasteiger partial charge in [-0.25, -0.2) is 4.79 Å². The molecule has 1 heterocycles. The smallest absolute Gasteiger partial charge is 0.411 e. The number of allylic oxidation sites excluding steroid dienone is 2. The molecule has 1 aliphatic heterocycles. The maximum absolute atomic E-state index is 10.9. The summed E-state index contributed by atoms with van der Waals surface area (Å²) in [6.45, 7) is 0. The predicted molar refractivity (Wildman–Crippen MR) is 41.6 cm³/mol. The number of aliphatic imine (C=N–C) groups is 1. The average molecular weight is 166 g/mol. The van der Waals surface area contributed by atoms with Gasteiger partial charge >= 0.3 is 17.7 Å². The molecule has 2 N–H and O–H groups in total. The van der Waals surface area contributed by atoms with Gasteiger partial charge in [-0.15, -0.1) is 0 Å². The SMILES string of the molecule is O=C(O)NC(=O)C1=[N+]C=CC=C1. The molecule has 5 heteroatoms.